The van der Waals surface area contributed by atoms with Crippen LogP contribution in [-0.2, 0) is 0 Å². The monoisotopic (exact) mass is 111 g/mol. The summed E-state index contributed by atoms with van der Waals surface area (Å²) < 4.78 is 0. The summed E-state index contributed by atoms with van der Waals surface area (Å²) in [5.74, 6) is 0. The summed E-state index contributed by atoms with van der Waals surface area (Å²) in [7, 11) is 0. The first-order chi connectivity index (χ1) is 2.77. The molecule has 0 aromatic heterocycles. The average molecular weight is 111 g/mol. The second kappa shape index (κ2) is 5.69. The van der Waals surface area contributed by atoms with Gasteiger partial charge in [-0.15, -0.1) is 0 Å². The Morgan fingerprint density at radius 1 is 2.00 bits per heavy atom. The number of hydrogen-bond acceptors (Lipinski definition) is 3. The van der Waals surface area contributed by atoms with Gasteiger partial charge in [0.1, 0.15) is 0 Å². The zero-order valence-electron chi connectivity index (χ0n) is 4.71. The van der Waals surface area contributed by atoms with Crippen LogP contribution in [-0.4, -0.2) is 5.03 Å². The Labute approximate surface area is 63.2 Å². The van der Waals surface area contributed by atoms with E-state index in [2.05, 4.69) is 0 Å². The summed E-state index contributed by atoms with van der Waals surface area (Å²) in [6.07, 6.45) is 1.12. The Morgan fingerprint density at radius 2 is 2.43 bits per heavy atom. The van der Waals surface area contributed by atoms with E-state index in [0.29, 0.717) is 0 Å². The molecule has 0 atom stereocenters. The van der Waals surface area contributed by atoms with E-state index in [4.69, 9.17) is 15.4 Å². The van der Waals surface area contributed by atoms with Gasteiger partial charge in [-0.2, -0.15) is 5.26 Å². The van der Waals surface area contributed by atoms with Crippen molar-refractivity contribution in [2.75, 3.05) is 0 Å². The van der Waals surface area contributed by atoms with Crippen LogP contribution in [0.3, 0.4) is 0 Å². The molecule has 0 aliphatic rings. The van der Waals surface area contributed by atoms with Gasteiger partial charge in [0.25, 0.3) is 0 Å². The minimum Gasteiger partial charge on any atom is -1.00 e. The Hall–Kier alpha value is -0.310. The SMILES string of the molecule is N#CN[N+](=O)[O-].[H-].[Na+]. The van der Waals surface area contributed by atoms with Crippen molar-refractivity contribution in [1.29, 1.82) is 5.26 Å². The molecule has 0 unspecified atom stereocenters. The number of nitrogens with one attached hydrogen (secondary N) is 1. The zero-order valence-corrected chi connectivity index (χ0v) is 5.71. The summed E-state index contributed by atoms with van der Waals surface area (Å²) in [5.41, 5.74) is 1.24. The van der Waals surface area contributed by atoms with Crippen molar-refractivity contribution in [3.8, 4) is 6.19 Å². The quantitative estimate of drug-likeness (QED) is 0.124. The van der Waals surface area contributed by atoms with Crippen molar-refractivity contribution in [2.24, 2.45) is 0 Å². The Balaban J connectivity index is -0.000000125. The maximum atomic E-state index is 9.07. The maximum Gasteiger partial charge on any atom is 1.00 e. The van der Waals surface area contributed by atoms with Crippen LogP contribution in [0.1, 0.15) is 1.43 Å². The molecule has 7 heavy (non-hydrogen) atoms. The van der Waals surface area contributed by atoms with Crippen molar-refractivity contribution >= 4 is 0 Å². The van der Waals surface area contributed by atoms with Crippen LogP contribution >= 0.6 is 0 Å². The Bertz CT molecular complexity index is 99.9. The fourth-order valence-corrected chi connectivity index (χ4v) is 0.0408. The van der Waals surface area contributed by atoms with Gasteiger partial charge < -0.3 is 1.43 Å². The van der Waals surface area contributed by atoms with Gasteiger partial charge in [-0.1, -0.05) is 0 Å². The minimum absolute atomic E-state index is 0. The molecule has 0 fully saturated rings. The summed E-state index contributed by atoms with van der Waals surface area (Å²) in [6, 6.07) is 0. The standard InChI is InChI=1S/CHN3O2.Na.H/c2-1-3-4(5)6;;/h3H;;/q;+1;-1. The maximum absolute atomic E-state index is 9.07. The van der Waals surface area contributed by atoms with Gasteiger partial charge in [-0.25, -0.2) is 10.1 Å². The van der Waals surface area contributed by atoms with Crippen molar-refractivity contribution in [3.05, 3.63) is 10.1 Å². The van der Waals surface area contributed by atoms with E-state index in [1.54, 1.807) is 0 Å². The number of nitro groups is 1. The van der Waals surface area contributed by atoms with Crippen LogP contribution in [0.5, 0.6) is 0 Å². The van der Waals surface area contributed by atoms with Gasteiger partial charge in [0.2, 0.25) is 6.19 Å². The normalized spacial score (nSPS) is 5.00. The van der Waals surface area contributed by atoms with Crippen LogP contribution in [0.15, 0.2) is 0 Å². The molecule has 0 bridgehead atoms. The van der Waals surface area contributed by atoms with Gasteiger partial charge in [0, 0.05) is 0 Å². The van der Waals surface area contributed by atoms with Gasteiger partial charge >= 0.3 is 29.6 Å². The number of nitriles is 1. The van der Waals surface area contributed by atoms with Gasteiger partial charge in [0.15, 0.2) is 5.03 Å². The van der Waals surface area contributed by atoms with E-state index < -0.39 is 5.03 Å². The molecule has 0 spiro atoms. The van der Waals surface area contributed by atoms with Crippen LogP contribution < -0.4 is 35.0 Å². The second-order valence-electron chi connectivity index (χ2n) is 0.481. The van der Waals surface area contributed by atoms with Crippen LogP contribution in [0.4, 0.5) is 0 Å². The molecule has 0 radical (unpaired) electrons. The van der Waals surface area contributed by atoms with E-state index in [1.165, 1.54) is 5.43 Å². The summed E-state index contributed by atoms with van der Waals surface area (Å²) in [6.45, 7) is 0. The average Bonchev–Trinajstić information content (AvgIpc) is 1.35. The molecule has 1 N–H and O–H groups in total. The fraction of sp³-hybridized carbons (Fsp3) is 0. The molecule has 0 amide bonds. The number of rotatable bonds is 1. The second-order valence-corrected chi connectivity index (χ2v) is 0.481. The first-order valence-electron chi connectivity index (χ1n) is 1.06. The molecular formula is CH2N3NaO2. The first-order valence-corrected chi connectivity index (χ1v) is 1.06. The van der Waals surface area contributed by atoms with Crippen molar-refractivity contribution in [3.63, 3.8) is 0 Å². The smallest absolute Gasteiger partial charge is 1.00 e. The summed E-state index contributed by atoms with van der Waals surface area (Å²) in [5, 5.41) is 15.6. The number of hydrogen-bond donors (Lipinski definition) is 1. The third kappa shape index (κ3) is 10.7. The molecular weight excluding hydrogens is 109 g/mol. The van der Waals surface area contributed by atoms with Gasteiger partial charge in [-0.05, 0) is 5.43 Å². The predicted octanol–water partition coefficient (Wildman–Crippen LogP) is -3.63. The van der Waals surface area contributed by atoms with Crippen molar-refractivity contribution < 1.29 is 36.0 Å². The Morgan fingerprint density at radius 3 is 2.43 bits per heavy atom. The fourth-order valence-electron chi connectivity index (χ4n) is 0.0408. The molecule has 6 heteroatoms. The molecule has 0 rings (SSSR count). The molecule has 0 saturated heterocycles. The molecule has 0 aromatic rings. The first kappa shape index (κ1) is 9.85. The van der Waals surface area contributed by atoms with Crippen LogP contribution in [0.25, 0.3) is 0 Å². The van der Waals surface area contributed by atoms with Gasteiger partial charge in [0.05, 0.1) is 0 Å². The largest absolute Gasteiger partial charge is 1.00 e. The summed E-state index contributed by atoms with van der Waals surface area (Å²) >= 11 is 0. The molecule has 0 aromatic carbocycles. The topological polar surface area (TPSA) is 79.0 Å². The summed E-state index contributed by atoms with van der Waals surface area (Å²) in [4.78, 5) is 9.07. The zero-order chi connectivity index (χ0) is 4.99. The molecule has 34 valence electrons. The number of nitrogens with zero attached hydrogens (tertiary/aromatic N) is 2. The van der Waals surface area contributed by atoms with E-state index in [0.717, 1.165) is 6.19 Å². The number of hydrazine groups is 1. The van der Waals surface area contributed by atoms with Crippen molar-refractivity contribution in [1.82, 2.24) is 5.43 Å². The van der Waals surface area contributed by atoms with Crippen molar-refractivity contribution in [2.45, 2.75) is 0 Å². The van der Waals surface area contributed by atoms with Crippen LogP contribution in [0.2, 0.25) is 0 Å². The van der Waals surface area contributed by atoms with Gasteiger partial charge in [-0.3, -0.25) is 0 Å². The van der Waals surface area contributed by atoms with E-state index in [-0.39, 0.29) is 31.0 Å². The van der Waals surface area contributed by atoms with E-state index in [9.17, 15) is 0 Å². The molecule has 0 saturated carbocycles. The predicted molar refractivity (Wildman–Crippen MR) is 16.9 cm³/mol. The third-order valence-electron chi connectivity index (χ3n) is 0.141. The molecule has 0 aliphatic carbocycles. The molecule has 0 aliphatic heterocycles. The van der Waals surface area contributed by atoms with E-state index >= 15 is 0 Å². The molecule has 5 nitrogen and oxygen atoms in total. The minimum atomic E-state index is -0.931. The Kier molecular flexibility index (Phi) is 8.00. The third-order valence-corrected chi connectivity index (χ3v) is 0.141. The van der Waals surface area contributed by atoms with Crippen LogP contribution in [0, 0.1) is 21.6 Å². The van der Waals surface area contributed by atoms with E-state index in [1.807, 2.05) is 0 Å². The molecule has 0 heterocycles.